The number of hydrogen-bond donors (Lipinski definition) is 1. The van der Waals surface area contributed by atoms with Gasteiger partial charge in [0, 0.05) is 0 Å². The van der Waals surface area contributed by atoms with E-state index in [0.717, 1.165) is 18.4 Å². The molecule has 0 aromatic heterocycles. The molecular formula is C14H19NOSe. The van der Waals surface area contributed by atoms with Crippen molar-refractivity contribution in [1.29, 1.82) is 0 Å². The zero-order chi connectivity index (χ0) is 12.1. The van der Waals surface area contributed by atoms with Gasteiger partial charge in [-0.2, -0.15) is 0 Å². The van der Waals surface area contributed by atoms with Crippen LogP contribution in [0, 0.1) is 0 Å². The Balaban J connectivity index is 1.91. The summed E-state index contributed by atoms with van der Waals surface area (Å²) in [5, 5.41) is 3.16. The van der Waals surface area contributed by atoms with E-state index >= 15 is 0 Å². The van der Waals surface area contributed by atoms with Gasteiger partial charge in [-0.05, 0) is 0 Å². The molecule has 2 rings (SSSR count). The van der Waals surface area contributed by atoms with Crippen LogP contribution >= 0.6 is 0 Å². The Bertz CT molecular complexity index is 360. The molecule has 17 heavy (non-hydrogen) atoms. The first-order valence-corrected chi connectivity index (χ1v) is 7.39. The Labute approximate surface area is 111 Å². The summed E-state index contributed by atoms with van der Waals surface area (Å²) in [4.78, 5) is 12.0. The number of amides is 1. The SMILES string of the molecule is O=C(NC1CCCCC1)C([SeH])c1ccccc1. The molecule has 1 aromatic rings. The summed E-state index contributed by atoms with van der Waals surface area (Å²) in [7, 11) is 0. The van der Waals surface area contributed by atoms with Crippen molar-refractivity contribution in [1.82, 2.24) is 5.32 Å². The summed E-state index contributed by atoms with van der Waals surface area (Å²) in [6.07, 6.45) is 6.09. The second-order valence-corrected chi connectivity index (χ2v) is 5.74. The fourth-order valence-electron chi connectivity index (χ4n) is 2.31. The summed E-state index contributed by atoms with van der Waals surface area (Å²) in [5.41, 5.74) is 1.07. The van der Waals surface area contributed by atoms with Crippen LogP contribution in [0.3, 0.4) is 0 Å². The summed E-state index contributed by atoms with van der Waals surface area (Å²) >= 11 is 2.48. The molecule has 0 aliphatic heterocycles. The van der Waals surface area contributed by atoms with E-state index < -0.39 is 0 Å². The van der Waals surface area contributed by atoms with Crippen molar-refractivity contribution in [2.24, 2.45) is 0 Å². The molecule has 0 radical (unpaired) electrons. The van der Waals surface area contributed by atoms with Crippen molar-refractivity contribution in [3.8, 4) is 0 Å². The average Bonchev–Trinajstić information content (AvgIpc) is 2.40. The van der Waals surface area contributed by atoms with Crippen molar-refractivity contribution >= 4 is 21.9 Å². The van der Waals surface area contributed by atoms with Crippen LogP contribution in [0.15, 0.2) is 30.3 Å². The second-order valence-electron chi connectivity index (χ2n) is 4.66. The minimum atomic E-state index is -0.106. The molecule has 1 aromatic carbocycles. The zero-order valence-electron chi connectivity index (χ0n) is 9.93. The third-order valence-corrected chi connectivity index (χ3v) is 4.43. The van der Waals surface area contributed by atoms with Crippen LogP contribution in [0.1, 0.15) is 42.5 Å². The number of rotatable bonds is 3. The van der Waals surface area contributed by atoms with Gasteiger partial charge in [-0.1, -0.05) is 0 Å². The number of carbonyl (C=O) groups is 1. The molecule has 2 nitrogen and oxygen atoms in total. The van der Waals surface area contributed by atoms with E-state index in [1.807, 2.05) is 30.3 Å². The first kappa shape index (κ1) is 12.7. The predicted molar refractivity (Wildman–Crippen MR) is 71.3 cm³/mol. The molecule has 3 heteroatoms. The van der Waals surface area contributed by atoms with Crippen molar-refractivity contribution in [3.05, 3.63) is 35.9 Å². The number of nitrogens with one attached hydrogen (secondary N) is 1. The topological polar surface area (TPSA) is 29.1 Å². The van der Waals surface area contributed by atoms with Gasteiger partial charge in [-0.3, -0.25) is 0 Å². The summed E-state index contributed by atoms with van der Waals surface area (Å²) in [6, 6.07) is 10.3. The Kier molecular flexibility index (Phi) is 4.64. The van der Waals surface area contributed by atoms with Gasteiger partial charge in [-0.15, -0.1) is 0 Å². The van der Waals surface area contributed by atoms with E-state index in [2.05, 4.69) is 21.3 Å². The monoisotopic (exact) mass is 297 g/mol. The zero-order valence-corrected chi connectivity index (χ0v) is 11.8. The van der Waals surface area contributed by atoms with Gasteiger partial charge in [0.25, 0.3) is 0 Å². The van der Waals surface area contributed by atoms with Gasteiger partial charge in [0.15, 0.2) is 0 Å². The van der Waals surface area contributed by atoms with Gasteiger partial charge in [0.2, 0.25) is 0 Å². The van der Waals surface area contributed by atoms with Crippen molar-refractivity contribution < 1.29 is 4.79 Å². The van der Waals surface area contributed by atoms with E-state index in [-0.39, 0.29) is 10.7 Å². The normalized spacial score (nSPS) is 18.6. The van der Waals surface area contributed by atoms with Crippen LogP contribution in [-0.2, 0) is 4.79 Å². The van der Waals surface area contributed by atoms with Crippen LogP contribution in [-0.4, -0.2) is 28.0 Å². The first-order chi connectivity index (χ1) is 8.27. The maximum absolute atomic E-state index is 12.1. The molecule has 1 amide bonds. The van der Waals surface area contributed by atoms with Gasteiger partial charge in [-0.25, -0.2) is 0 Å². The Morgan fingerprint density at radius 1 is 1.18 bits per heavy atom. The quantitative estimate of drug-likeness (QED) is 0.850. The predicted octanol–water partition coefficient (Wildman–Crippen LogP) is 2.08. The fourth-order valence-corrected chi connectivity index (χ4v) is 2.83. The van der Waals surface area contributed by atoms with Crippen LogP contribution in [0.25, 0.3) is 0 Å². The van der Waals surface area contributed by atoms with Crippen LogP contribution in [0.4, 0.5) is 0 Å². The van der Waals surface area contributed by atoms with E-state index in [0.29, 0.717) is 6.04 Å². The molecule has 0 saturated heterocycles. The van der Waals surface area contributed by atoms with Crippen LogP contribution < -0.4 is 5.32 Å². The number of carbonyl (C=O) groups excluding carboxylic acids is 1. The molecule has 1 N–H and O–H groups in total. The molecule has 0 heterocycles. The standard InChI is InChI=1S/C14H19NOSe/c16-14(15-12-9-5-2-6-10-12)13(17)11-7-3-1-4-8-11/h1,3-4,7-8,12-13,17H,2,5-6,9-10H2,(H,15,16). The molecule has 0 spiro atoms. The van der Waals surface area contributed by atoms with E-state index in [9.17, 15) is 4.79 Å². The molecule has 92 valence electrons. The maximum atomic E-state index is 12.1. The van der Waals surface area contributed by atoms with Crippen molar-refractivity contribution in [2.45, 2.75) is 43.0 Å². The summed E-state index contributed by atoms with van der Waals surface area (Å²) in [6.45, 7) is 0. The molecule has 1 unspecified atom stereocenters. The van der Waals surface area contributed by atoms with Crippen molar-refractivity contribution in [2.75, 3.05) is 0 Å². The fraction of sp³-hybridized carbons (Fsp3) is 0.500. The number of benzene rings is 1. The third kappa shape index (κ3) is 3.58. The van der Waals surface area contributed by atoms with Crippen molar-refractivity contribution in [3.63, 3.8) is 0 Å². The van der Waals surface area contributed by atoms with Gasteiger partial charge in [0.05, 0.1) is 0 Å². The minimum absolute atomic E-state index is 0.106. The molecule has 1 saturated carbocycles. The Morgan fingerprint density at radius 2 is 1.82 bits per heavy atom. The number of hydrogen-bond acceptors (Lipinski definition) is 1. The summed E-state index contributed by atoms with van der Waals surface area (Å²) in [5.74, 6) is 0.142. The molecule has 0 bridgehead atoms. The third-order valence-electron chi connectivity index (χ3n) is 3.32. The first-order valence-electron chi connectivity index (χ1n) is 6.31. The van der Waals surface area contributed by atoms with E-state index in [1.54, 1.807) is 0 Å². The summed E-state index contributed by atoms with van der Waals surface area (Å²) < 4.78 is 0. The average molecular weight is 296 g/mol. The van der Waals surface area contributed by atoms with Crippen LogP contribution in [0.5, 0.6) is 0 Å². The van der Waals surface area contributed by atoms with E-state index in [1.165, 1.54) is 19.3 Å². The van der Waals surface area contributed by atoms with Gasteiger partial charge in [0.1, 0.15) is 0 Å². The Morgan fingerprint density at radius 3 is 2.47 bits per heavy atom. The molecule has 1 aliphatic carbocycles. The molecular weight excluding hydrogens is 277 g/mol. The van der Waals surface area contributed by atoms with Gasteiger partial charge >= 0.3 is 111 Å². The van der Waals surface area contributed by atoms with Crippen LogP contribution in [0.2, 0.25) is 0 Å². The molecule has 1 aliphatic rings. The Hall–Kier alpha value is -0.791. The van der Waals surface area contributed by atoms with Gasteiger partial charge < -0.3 is 0 Å². The second kappa shape index (κ2) is 6.23. The van der Waals surface area contributed by atoms with E-state index in [4.69, 9.17) is 0 Å². The molecule has 1 atom stereocenters. The molecule has 1 fully saturated rings.